The number of methoxy groups -OCH3 is 1. The molecule has 0 spiro atoms. The third-order valence-corrected chi connectivity index (χ3v) is 2.40. The molecule has 2 N–H and O–H groups in total. The number of amides is 3. The van der Waals surface area contributed by atoms with Gasteiger partial charge in [-0.2, -0.15) is 0 Å². The first-order valence-corrected chi connectivity index (χ1v) is 6.58. The Hall–Kier alpha value is -2.67. The van der Waals surface area contributed by atoms with Crippen LogP contribution >= 0.6 is 0 Å². The summed E-state index contributed by atoms with van der Waals surface area (Å²) in [5.74, 6) is -1.38. The smallest absolute Gasteiger partial charge is 0.331 e. The molecular formula is C15H18N2O5. The summed E-state index contributed by atoms with van der Waals surface area (Å²) in [7, 11) is 1.49. The number of benzene rings is 1. The van der Waals surface area contributed by atoms with Gasteiger partial charge >= 0.3 is 12.0 Å². The van der Waals surface area contributed by atoms with Gasteiger partial charge < -0.3 is 14.8 Å². The Labute approximate surface area is 128 Å². The minimum absolute atomic E-state index is 0.273. The van der Waals surface area contributed by atoms with Crippen LogP contribution < -0.4 is 10.6 Å². The number of hydrogen-bond acceptors (Lipinski definition) is 5. The fraction of sp³-hybridized carbons (Fsp3) is 0.267. The van der Waals surface area contributed by atoms with Gasteiger partial charge in [0.1, 0.15) is 0 Å². The van der Waals surface area contributed by atoms with Gasteiger partial charge in [0.15, 0.2) is 6.61 Å². The van der Waals surface area contributed by atoms with Gasteiger partial charge in [0.25, 0.3) is 5.91 Å². The van der Waals surface area contributed by atoms with Crippen molar-refractivity contribution in [3.05, 3.63) is 42.0 Å². The number of nitrogens with one attached hydrogen (secondary N) is 2. The van der Waals surface area contributed by atoms with Crippen molar-refractivity contribution in [2.45, 2.75) is 0 Å². The Balaban J connectivity index is 2.24. The molecule has 1 rings (SSSR count). The van der Waals surface area contributed by atoms with Crippen molar-refractivity contribution >= 4 is 24.0 Å². The number of ether oxygens (including phenoxy) is 2. The third-order valence-electron chi connectivity index (χ3n) is 2.40. The molecule has 22 heavy (non-hydrogen) atoms. The van der Waals surface area contributed by atoms with Gasteiger partial charge in [-0.3, -0.25) is 10.1 Å². The number of carbonyl (C=O) groups is 3. The van der Waals surface area contributed by atoms with Gasteiger partial charge in [-0.05, 0) is 11.6 Å². The fourth-order valence-electron chi connectivity index (χ4n) is 1.39. The number of imide groups is 1. The normalized spacial score (nSPS) is 10.2. The van der Waals surface area contributed by atoms with Crippen LogP contribution in [0.15, 0.2) is 36.4 Å². The van der Waals surface area contributed by atoms with Gasteiger partial charge in [0.05, 0.1) is 6.61 Å². The average molecular weight is 306 g/mol. The summed E-state index contributed by atoms with van der Waals surface area (Å²) in [5, 5.41) is 4.42. The predicted molar refractivity (Wildman–Crippen MR) is 79.9 cm³/mol. The highest BCUT2D eigenvalue weighted by molar-refractivity contribution is 5.96. The van der Waals surface area contributed by atoms with Crippen molar-refractivity contribution in [1.82, 2.24) is 10.6 Å². The Morgan fingerprint density at radius 3 is 2.59 bits per heavy atom. The van der Waals surface area contributed by atoms with Crippen LogP contribution in [0.25, 0.3) is 6.08 Å². The zero-order valence-corrected chi connectivity index (χ0v) is 12.2. The molecule has 7 nitrogen and oxygen atoms in total. The van der Waals surface area contributed by atoms with Crippen LogP contribution in [0.4, 0.5) is 4.79 Å². The van der Waals surface area contributed by atoms with Crippen molar-refractivity contribution in [2.24, 2.45) is 0 Å². The molecule has 0 radical (unpaired) electrons. The second-order valence-electron chi connectivity index (χ2n) is 4.15. The first kappa shape index (κ1) is 17.4. The Kier molecular flexibility index (Phi) is 7.99. The first-order chi connectivity index (χ1) is 10.6. The van der Waals surface area contributed by atoms with E-state index >= 15 is 0 Å². The van der Waals surface area contributed by atoms with Crippen LogP contribution in [0.3, 0.4) is 0 Å². The molecule has 0 aliphatic rings. The maximum Gasteiger partial charge on any atom is 0.331 e. The van der Waals surface area contributed by atoms with Gasteiger partial charge in [-0.1, -0.05) is 30.3 Å². The van der Waals surface area contributed by atoms with E-state index in [9.17, 15) is 14.4 Å². The highest BCUT2D eigenvalue weighted by atomic mass is 16.5. The molecule has 1 aromatic rings. The van der Waals surface area contributed by atoms with Gasteiger partial charge in [-0.15, -0.1) is 0 Å². The molecule has 0 saturated carbocycles. The van der Waals surface area contributed by atoms with Gasteiger partial charge in [-0.25, -0.2) is 9.59 Å². The second-order valence-corrected chi connectivity index (χ2v) is 4.15. The fourth-order valence-corrected chi connectivity index (χ4v) is 1.39. The zero-order valence-electron chi connectivity index (χ0n) is 12.2. The molecule has 1 aromatic carbocycles. The van der Waals surface area contributed by atoms with E-state index in [0.29, 0.717) is 6.61 Å². The van der Waals surface area contributed by atoms with Crippen LogP contribution in [-0.2, 0) is 19.1 Å². The van der Waals surface area contributed by atoms with E-state index in [1.165, 1.54) is 13.2 Å². The number of rotatable bonds is 7. The van der Waals surface area contributed by atoms with E-state index in [1.807, 2.05) is 35.6 Å². The van der Waals surface area contributed by atoms with E-state index in [1.54, 1.807) is 6.08 Å². The van der Waals surface area contributed by atoms with Crippen molar-refractivity contribution in [2.75, 3.05) is 26.9 Å². The molecule has 0 fully saturated rings. The third kappa shape index (κ3) is 7.81. The minimum atomic E-state index is -0.712. The number of esters is 1. The molecule has 0 bridgehead atoms. The topological polar surface area (TPSA) is 93.7 Å². The second kappa shape index (κ2) is 10.1. The van der Waals surface area contributed by atoms with Crippen LogP contribution in [0.5, 0.6) is 0 Å². The van der Waals surface area contributed by atoms with Crippen molar-refractivity contribution < 1.29 is 23.9 Å². The molecule has 3 amide bonds. The van der Waals surface area contributed by atoms with Crippen LogP contribution in [-0.4, -0.2) is 44.8 Å². The summed E-state index contributed by atoms with van der Waals surface area (Å²) in [4.78, 5) is 34.0. The minimum Gasteiger partial charge on any atom is -0.452 e. The lowest BCUT2D eigenvalue weighted by molar-refractivity contribution is -0.143. The highest BCUT2D eigenvalue weighted by Gasteiger charge is 2.08. The lowest BCUT2D eigenvalue weighted by Crippen LogP contribution is -2.42. The number of carbonyl (C=O) groups excluding carboxylic acids is 3. The monoisotopic (exact) mass is 306 g/mol. The molecule has 0 atom stereocenters. The molecule has 0 unspecified atom stereocenters. The summed E-state index contributed by atoms with van der Waals surface area (Å²) in [6, 6.07) is 8.50. The standard InChI is InChI=1S/C15H18N2O5/c1-21-10-9-16-15(20)17-13(18)11-22-14(19)8-7-12-5-3-2-4-6-12/h2-8H,9-11H2,1H3,(H2,16,17,18,20)/b8-7+. The molecule has 0 heterocycles. The summed E-state index contributed by atoms with van der Waals surface area (Å²) in [6.45, 7) is 0.0752. The summed E-state index contributed by atoms with van der Waals surface area (Å²) >= 11 is 0. The van der Waals surface area contributed by atoms with E-state index in [2.05, 4.69) is 5.32 Å². The van der Waals surface area contributed by atoms with Gasteiger partial charge in [0.2, 0.25) is 0 Å². The molecule has 0 saturated heterocycles. The molecule has 0 aliphatic heterocycles. The molecule has 0 aliphatic carbocycles. The lowest BCUT2D eigenvalue weighted by atomic mass is 10.2. The lowest BCUT2D eigenvalue weighted by Gasteiger charge is -2.06. The van der Waals surface area contributed by atoms with Crippen LogP contribution in [0.1, 0.15) is 5.56 Å². The van der Waals surface area contributed by atoms with E-state index < -0.39 is 24.5 Å². The van der Waals surface area contributed by atoms with Crippen LogP contribution in [0.2, 0.25) is 0 Å². The number of urea groups is 1. The Morgan fingerprint density at radius 2 is 1.91 bits per heavy atom. The summed E-state index contributed by atoms with van der Waals surface area (Å²) in [6.07, 6.45) is 2.78. The average Bonchev–Trinajstić information content (AvgIpc) is 2.52. The SMILES string of the molecule is COCCNC(=O)NC(=O)COC(=O)/C=C/c1ccccc1. The van der Waals surface area contributed by atoms with Crippen LogP contribution in [0, 0.1) is 0 Å². The van der Waals surface area contributed by atoms with E-state index in [4.69, 9.17) is 9.47 Å². The van der Waals surface area contributed by atoms with Crippen molar-refractivity contribution in [3.63, 3.8) is 0 Å². The molecular weight excluding hydrogens is 288 g/mol. The predicted octanol–water partition coefficient (Wildman–Crippen LogP) is 0.715. The highest BCUT2D eigenvalue weighted by Crippen LogP contribution is 2.00. The van der Waals surface area contributed by atoms with Crippen molar-refractivity contribution in [3.8, 4) is 0 Å². The number of hydrogen-bond donors (Lipinski definition) is 2. The summed E-state index contributed by atoms with van der Waals surface area (Å²) in [5.41, 5.74) is 0.835. The maximum atomic E-state index is 11.4. The first-order valence-electron chi connectivity index (χ1n) is 6.58. The molecule has 7 heteroatoms. The Bertz CT molecular complexity index is 528. The van der Waals surface area contributed by atoms with Gasteiger partial charge in [0, 0.05) is 19.7 Å². The van der Waals surface area contributed by atoms with Crippen molar-refractivity contribution in [1.29, 1.82) is 0 Å². The van der Waals surface area contributed by atoms with E-state index in [-0.39, 0.29) is 6.54 Å². The maximum absolute atomic E-state index is 11.4. The molecule has 118 valence electrons. The van der Waals surface area contributed by atoms with E-state index in [0.717, 1.165) is 5.56 Å². The summed E-state index contributed by atoms with van der Waals surface area (Å²) < 4.78 is 9.44. The molecule has 0 aromatic heterocycles. The largest absolute Gasteiger partial charge is 0.452 e. The Morgan fingerprint density at radius 1 is 1.18 bits per heavy atom. The zero-order chi connectivity index (χ0) is 16.2. The quantitative estimate of drug-likeness (QED) is 0.440.